The van der Waals surface area contributed by atoms with E-state index in [0.29, 0.717) is 25.1 Å². The zero-order chi connectivity index (χ0) is 24.9. The third-order valence-electron chi connectivity index (χ3n) is 5.60. The van der Waals surface area contributed by atoms with Crippen LogP contribution in [0.2, 0.25) is 0 Å². The number of carbonyl (C=O) groups excluding carboxylic acids is 2. The van der Waals surface area contributed by atoms with E-state index in [1.165, 1.54) is 0 Å². The Labute approximate surface area is 206 Å². The quantitative estimate of drug-likeness (QED) is 0.305. The molecule has 0 saturated carbocycles. The van der Waals surface area contributed by atoms with Crippen LogP contribution in [0.25, 0.3) is 0 Å². The number of hydrogen-bond acceptors (Lipinski definition) is 5. The second-order valence-corrected chi connectivity index (χ2v) is 8.29. The third kappa shape index (κ3) is 8.88. The fourth-order valence-corrected chi connectivity index (χ4v) is 3.70. The van der Waals surface area contributed by atoms with Gasteiger partial charge in [0.2, 0.25) is 5.91 Å². The topological polar surface area (TPSA) is 99.7 Å². The Morgan fingerprint density at radius 2 is 1.60 bits per heavy atom. The molecule has 0 aliphatic heterocycles. The molecule has 0 fully saturated rings. The summed E-state index contributed by atoms with van der Waals surface area (Å²) in [5, 5.41) is 19.8. The van der Waals surface area contributed by atoms with E-state index in [1.807, 2.05) is 60.7 Å². The molecule has 0 aromatic heterocycles. The molecular weight excluding hydrogens is 442 g/mol. The van der Waals surface area contributed by atoms with Gasteiger partial charge < -0.3 is 25.8 Å². The maximum absolute atomic E-state index is 12.6. The average molecular weight is 476 g/mol. The van der Waals surface area contributed by atoms with Crippen LogP contribution in [0.4, 0.5) is 0 Å². The standard InChI is InChI=1S/C28H33N3O4/c1-35-24-14-8-11-22(17-24)19-29-20-26(32)25(18-21-9-4-2-5-10-21)31-27(33)15-16-30-28(34)23-12-6-3-7-13-23/h2-14,17,25-26,29,32H,15-16,18-20H2,1H3,(H,30,34)(H,31,33)/t25-,26+/m1/s1. The van der Waals surface area contributed by atoms with Crippen LogP contribution in [0, 0.1) is 0 Å². The number of carbonyl (C=O) groups is 2. The fraction of sp³-hybridized carbons (Fsp3) is 0.286. The van der Waals surface area contributed by atoms with Gasteiger partial charge in [0.15, 0.2) is 0 Å². The van der Waals surface area contributed by atoms with E-state index in [9.17, 15) is 14.7 Å². The minimum atomic E-state index is -0.802. The number of nitrogens with one attached hydrogen (secondary N) is 3. The number of ether oxygens (including phenoxy) is 1. The predicted molar refractivity (Wildman–Crippen MR) is 136 cm³/mol. The first-order valence-electron chi connectivity index (χ1n) is 11.7. The van der Waals surface area contributed by atoms with Crippen molar-refractivity contribution in [2.75, 3.05) is 20.2 Å². The smallest absolute Gasteiger partial charge is 0.251 e. The Bertz CT molecular complexity index is 1060. The van der Waals surface area contributed by atoms with Crippen molar-refractivity contribution in [1.82, 2.24) is 16.0 Å². The van der Waals surface area contributed by atoms with Gasteiger partial charge in [-0.15, -0.1) is 0 Å². The number of hydrogen-bond donors (Lipinski definition) is 4. The van der Waals surface area contributed by atoms with Gasteiger partial charge in [0.1, 0.15) is 5.75 Å². The monoisotopic (exact) mass is 475 g/mol. The summed E-state index contributed by atoms with van der Waals surface area (Å²) in [6.45, 7) is 1.08. The summed E-state index contributed by atoms with van der Waals surface area (Å²) in [4.78, 5) is 24.8. The molecule has 0 aliphatic rings. The Hall–Kier alpha value is -3.68. The molecule has 0 unspecified atom stereocenters. The molecule has 0 saturated heterocycles. The molecule has 3 rings (SSSR count). The molecule has 0 spiro atoms. The number of benzene rings is 3. The summed E-state index contributed by atoms with van der Waals surface area (Å²) in [5.74, 6) is 0.325. The molecule has 7 heteroatoms. The van der Waals surface area contributed by atoms with E-state index in [-0.39, 0.29) is 24.8 Å². The van der Waals surface area contributed by atoms with Crippen molar-refractivity contribution >= 4 is 11.8 Å². The van der Waals surface area contributed by atoms with E-state index in [2.05, 4.69) is 16.0 Å². The van der Waals surface area contributed by atoms with Crippen LogP contribution in [-0.2, 0) is 17.8 Å². The molecule has 2 amide bonds. The summed E-state index contributed by atoms with van der Waals surface area (Å²) in [7, 11) is 1.63. The molecule has 7 nitrogen and oxygen atoms in total. The summed E-state index contributed by atoms with van der Waals surface area (Å²) >= 11 is 0. The molecule has 0 aliphatic carbocycles. The molecule has 35 heavy (non-hydrogen) atoms. The lowest BCUT2D eigenvalue weighted by molar-refractivity contribution is -0.122. The SMILES string of the molecule is COc1cccc(CNC[C@H](O)[C@@H](Cc2ccccc2)NC(=O)CCNC(=O)c2ccccc2)c1. The first kappa shape index (κ1) is 25.9. The van der Waals surface area contributed by atoms with Gasteiger partial charge in [-0.2, -0.15) is 0 Å². The van der Waals surface area contributed by atoms with E-state index in [0.717, 1.165) is 16.9 Å². The van der Waals surface area contributed by atoms with Gasteiger partial charge in [0.05, 0.1) is 19.3 Å². The average Bonchev–Trinajstić information content (AvgIpc) is 2.89. The molecule has 2 atom stereocenters. The molecule has 0 bridgehead atoms. The van der Waals surface area contributed by atoms with Crippen LogP contribution >= 0.6 is 0 Å². The van der Waals surface area contributed by atoms with Crippen LogP contribution in [0.15, 0.2) is 84.9 Å². The van der Waals surface area contributed by atoms with Crippen molar-refractivity contribution in [2.45, 2.75) is 31.5 Å². The largest absolute Gasteiger partial charge is 0.497 e. The number of methoxy groups -OCH3 is 1. The highest BCUT2D eigenvalue weighted by Gasteiger charge is 2.21. The van der Waals surface area contributed by atoms with Crippen molar-refractivity contribution in [2.24, 2.45) is 0 Å². The van der Waals surface area contributed by atoms with Gasteiger partial charge in [-0.05, 0) is 41.8 Å². The summed E-state index contributed by atoms with van der Waals surface area (Å²) < 4.78 is 5.25. The first-order chi connectivity index (χ1) is 17.0. The lowest BCUT2D eigenvalue weighted by Gasteiger charge is -2.25. The Morgan fingerprint density at radius 3 is 2.31 bits per heavy atom. The normalized spacial score (nSPS) is 12.4. The molecule has 184 valence electrons. The number of aliphatic hydroxyl groups excluding tert-OH is 1. The number of amides is 2. The van der Waals surface area contributed by atoms with Crippen molar-refractivity contribution in [3.8, 4) is 5.75 Å². The summed E-state index contributed by atoms with van der Waals surface area (Å²) in [6.07, 6.45) is -0.192. The summed E-state index contributed by atoms with van der Waals surface area (Å²) in [5.41, 5.74) is 2.60. The zero-order valence-electron chi connectivity index (χ0n) is 19.9. The second kappa shape index (κ2) is 13.9. The Balaban J connectivity index is 1.52. The van der Waals surface area contributed by atoms with Gasteiger partial charge in [-0.1, -0.05) is 60.7 Å². The molecule has 3 aromatic rings. The first-order valence-corrected chi connectivity index (χ1v) is 11.7. The van der Waals surface area contributed by atoms with E-state index >= 15 is 0 Å². The fourth-order valence-electron chi connectivity index (χ4n) is 3.70. The van der Waals surface area contributed by atoms with Gasteiger partial charge in [-0.25, -0.2) is 0 Å². The van der Waals surface area contributed by atoms with Crippen LogP contribution in [0.5, 0.6) is 5.75 Å². The lowest BCUT2D eigenvalue weighted by Crippen LogP contribution is -2.49. The molecule has 0 heterocycles. The molecule has 4 N–H and O–H groups in total. The van der Waals surface area contributed by atoms with Crippen molar-refractivity contribution in [3.63, 3.8) is 0 Å². The van der Waals surface area contributed by atoms with Gasteiger partial charge in [0.25, 0.3) is 5.91 Å². The van der Waals surface area contributed by atoms with Gasteiger partial charge >= 0.3 is 0 Å². The van der Waals surface area contributed by atoms with Gasteiger partial charge in [-0.3, -0.25) is 9.59 Å². The third-order valence-corrected chi connectivity index (χ3v) is 5.60. The van der Waals surface area contributed by atoms with Crippen molar-refractivity contribution in [1.29, 1.82) is 0 Å². The highest BCUT2D eigenvalue weighted by Crippen LogP contribution is 2.12. The van der Waals surface area contributed by atoms with Crippen LogP contribution < -0.4 is 20.7 Å². The zero-order valence-corrected chi connectivity index (χ0v) is 19.9. The van der Waals surface area contributed by atoms with E-state index in [4.69, 9.17) is 4.74 Å². The van der Waals surface area contributed by atoms with Crippen LogP contribution in [0.3, 0.4) is 0 Å². The summed E-state index contributed by atoms with van der Waals surface area (Å²) in [6, 6.07) is 25.8. The minimum Gasteiger partial charge on any atom is -0.497 e. The highest BCUT2D eigenvalue weighted by molar-refractivity contribution is 5.94. The lowest BCUT2D eigenvalue weighted by atomic mass is 10.0. The highest BCUT2D eigenvalue weighted by atomic mass is 16.5. The molecular formula is C28H33N3O4. The minimum absolute atomic E-state index is 0.119. The van der Waals surface area contributed by atoms with Crippen LogP contribution in [0.1, 0.15) is 27.9 Å². The maximum atomic E-state index is 12.6. The van der Waals surface area contributed by atoms with Crippen molar-refractivity contribution in [3.05, 3.63) is 102 Å². The maximum Gasteiger partial charge on any atom is 0.251 e. The number of aliphatic hydroxyl groups is 1. The second-order valence-electron chi connectivity index (χ2n) is 8.29. The van der Waals surface area contributed by atoms with Crippen molar-refractivity contribution < 1.29 is 19.4 Å². The Kier molecular flexibility index (Phi) is 10.3. The molecule has 3 aromatic carbocycles. The van der Waals surface area contributed by atoms with E-state index < -0.39 is 12.1 Å². The van der Waals surface area contributed by atoms with E-state index in [1.54, 1.807) is 31.4 Å². The molecule has 0 radical (unpaired) electrons. The predicted octanol–water partition coefficient (Wildman–Crippen LogP) is 2.69. The number of rotatable bonds is 13. The van der Waals surface area contributed by atoms with Crippen LogP contribution in [-0.4, -0.2) is 49.3 Å². The van der Waals surface area contributed by atoms with Gasteiger partial charge in [0, 0.05) is 31.6 Å². The Morgan fingerprint density at radius 1 is 0.914 bits per heavy atom.